The number of nitrogens with one attached hydrogen (secondary N) is 2. The van der Waals surface area contributed by atoms with Crippen molar-refractivity contribution in [2.75, 3.05) is 13.2 Å². The Morgan fingerprint density at radius 1 is 1.12 bits per heavy atom. The quantitative estimate of drug-likeness (QED) is 0.574. The van der Waals surface area contributed by atoms with Gasteiger partial charge >= 0.3 is 0 Å². The Balaban J connectivity index is 1.76. The van der Waals surface area contributed by atoms with E-state index in [4.69, 9.17) is 4.74 Å². The van der Waals surface area contributed by atoms with Gasteiger partial charge in [-0.2, -0.15) is 0 Å². The van der Waals surface area contributed by atoms with Gasteiger partial charge in [-0.15, -0.1) is 4.72 Å². The normalized spacial score (nSPS) is 12.5. The van der Waals surface area contributed by atoms with Gasteiger partial charge in [-0.05, 0) is 69.3 Å². The van der Waals surface area contributed by atoms with Gasteiger partial charge in [-0.1, -0.05) is 0 Å². The lowest BCUT2D eigenvalue weighted by molar-refractivity contribution is 0.0947. The van der Waals surface area contributed by atoms with Gasteiger partial charge in [0, 0.05) is 5.56 Å². The number of rotatable bonds is 7. The maximum absolute atomic E-state index is 12.8. The van der Waals surface area contributed by atoms with Crippen LogP contribution in [-0.4, -0.2) is 29.2 Å². The molecule has 2 aromatic carbocycles. The summed E-state index contributed by atoms with van der Waals surface area (Å²) in [5.41, 5.74) is 0.146. The van der Waals surface area contributed by atoms with E-state index in [-0.39, 0.29) is 23.9 Å². The van der Waals surface area contributed by atoms with Gasteiger partial charge in [0.25, 0.3) is 5.91 Å². The summed E-state index contributed by atoms with van der Waals surface area (Å²) >= 11 is -1.29. The highest BCUT2D eigenvalue weighted by molar-refractivity contribution is 7.89. The molecule has 5 nitrogen and oxygen atoms in total. The molecule has 1 unspecified atom stereocenters. The Morgan fingerprint density at radius 3 is 2.31 bits per heavy atom. The molecule has 0 spiro atoms. The molecule has 1 amide bonds. The minimum absolute atomic E-state index is 0.247. The highest BCUT2D eigenvalue weighted by Crippen LogP contribution is 2.17. The first-order chi connectivity index (χ1) is 12.2. The van der Waals surface area contributed by atoms with Crippen LogP contribution in [0.15, 0.2) is 53.4 Å². The van der Waals surface area contributed by atoms with Gasteiger partial charge in [0.05, 0.1) is 23.4 Å². The molecular weight excluding hydrogens is 355 g/mol. The fourth-order valence-electron chi connectivity index (χ4n) is 2.03. The molecule has 0 radical (unpaired) electrons. The maximum atomic E-state index is 12.8. The van der Waals surface area contributed by atoms with Crippen LogP contribution >= 0.6 is 0 Å². The lowest BCUT2D eigenvalue weighted by Crippen LogP contribution is -2.40. The summed E-state index contributed by atoms with van der Waals surface area (Å²) in [5, 5.41) is 2.70. The van der Waals surface area contributed by atoms with Gasteiger partial charge in [0.1, 0.15) is 18.2 Å². The number of carbonyl (C=O) groups is 1. The van der Waals surface area contributed by atoms with E-state index in [2.05, 4.69) is 10.0 Å². The number of amides is 1. The first-order valence-corrected chi connectivity index (χ1v) is 9.36. The predicted octanol–water partition coefficient (Wildman–Crippen LogP) is 3.05. The zero-order valence-electron chi connectivity index (χ0n) is 15.0. The van der Waals surface area contributed by atoms with E-state index in [0.717, 1.165) is 0 Å². The van der Waals surface area contributed by atoms with Crippen LogP contribution in [0.25, 0.3) is 0 Å². The third-order valence-corrected chi connectivity index (χ3v) is 4.70. The van der Waals surface area contributed by atoms with Gasteiger partial charge in [-0.25, -0.2) is 4.39 Å². The predicted molar refractivity (Wildman–Crippen MR) is 100.0 cm³/mol. The number of ether oxygens (including phenoxy) is 1. The van der Waals surface area contributed by atoms with E-state index in [1.165, 1.54) is 24.3 Å². The largest absolute Gasteiger partial charge is 0.593 e. The Hall–Kier alpha value is -2.09. The zero-order valence-corrected chi connectivity index (χ0v) is 15.9. The molecule has 140 valence electrons. The third kappa shape index (κ3) is 6.67. The number of halogens is 1. The van der Waals surface area contributed by atoms with Crippen molar-refractivity contribution >= 4 is 17.3 Å². The molecule has 0 aliphatic carbocycles. The number of carbonyl (C=O) groups excluding carboxylic acids is 1. The van der Waals surface area contributed by atoms with Crippen molar-refractivity contribution in [3.63, 3.8) is 0 Å². The van der Waals surface area contributed by atoms with Crippen LogP contribution in [0.3, 0.4) is 0 Å². The molecular formula is C19H23FN2O3S. The van der Waals surface area contributed by atoms with Crippen LogP contribution in [0.4, 0.5) is 4.39 Å². The number of hydrogen-bond acceptors (Lipinski definition) is 4. The number of benzene rings is 2. The van der Waals surface area contributed by atoms with Crippen molar-refractivity contribution in [2.24, 2.45) is 0 Å². The first-order valence-electron chi connectivity index (χ1n) is 8.21. The van der Waals surface area contributed by atoms with E-state index in [0.29, 0.717) is 22.8 Å². The molecule has 7 heteroatoms. The summed E-state index contributed by atoms with van der Waals surface area (Å²) in [4.78, 5) is 12.5. The summed E-state index contributed by atoms with van der Waals surface area (Å²) in [6, 6.07) is 12.3. The van der Waals surface area contributed by atoms with E-state index in [1.54, 1.807) is 24.3 Å². The smallest absolute Gasteiger partial charge is 0.251 e. The third-order valence-electron chi connectivity index (χ3n) is 3.20. The Morgan fingerprint density at radius 2 is 1.73 bits per heavy atom. The lowest BCUT2D eigenvalue weighted by Gasteiger charge is -2.21. The van der Waals surface area contributed by atoms with Gasteiger partial charge in [0.2, 0.25) is 0 Å². The molecule has 0 aromatic heterocycles. The lowest BCUT2D eigenvalue weighted by atomic mass is 10.1. The minimum Gasteiger partial charge on any atom is -0.593 e. The van der Waals surface area contributed by atoms with Crippen molar-refractivity contribution in [3.8, 4) is 5.75 Å². The second-order valence-corrected chi connectivity index (χ2v) is 7.92. The van der Waals surface area contributed by atoms with Crippen molar-refractivity contribution < 1.29 is 18.5 Å². The van der Waals surface area contributed by atoms with Crippen molar-refractivity contribution in [1.82, 2.24) is 10.0 Å². The van der Waals surface area contributed by atoms with E-state index >= 15 is 0 Å². The van der Waals surface area contributed by atoms with Crippen LogP contribution in [-0.2, 0) is 11.4 Å². The monoisotopic (exact) mass is 378 g/mol. The zero-order chi connectivity index (χ0) is 19.2. The molecule has 0 saturated carbocycles. The average molecular weight is 378 g/mol. The summed E-state index contributed by atoms with van der Waals surface area (Å²) in [5.74, 6) is -0.0444. The second kappa shape index (κ2) is 9.02. The summed E-state index contributed by atoms with van der Waals surface area (Å²) in [6.07, 6.45) is 0. The molecule has 2 aromatic rings. The molecule has 0 aliphatic rings. The topological polar surface area (TPSA) is 73.4 Å². The van der Waals surface area contributed by atoms with Crippen LogP contribution < -0.4 is 14.8 Å². The maximum Gasteiger partial charge on any atom is 0.251 e. The Labute approximate surface area is 156 Å². The van der Waals surface area contributed by atoms with Crippen LogP contribution in [0.5, 0.6) is 5.75 Å². The summed E-state index contributed by atoms with van der Waals surface area (Å²) in [6.45, 7) is 6.44. The van der Waals surface area contributed by atoms with Crippen molar-refractivity contribution in [3.05, 3.63) is 59.9 Å². The highest BCUT2D eigenvalue weighted by Gasteiger charge is 2.20. The van der Waals surface area contributed by atoms with E-state index in [9.17, 15) is 13.7 Å². The standard InChI is InChI=1S/C19H23FN2O3S/c1-19(2,3)22-26(24)17-10-8-16(9-11-17)25-13-12-21-18(23)14-4-6-15(20)7-5-14/h4-11,22H,12-13H2,1-3H3,(H,21,23). The van der Waals surface area contributed by atoms with E-state index < -0.39 is 11.4 Å². The molecule has 1 atom stereocenters. The average Bonchev–Trinajstić information content (AvgIpc) is 2.58. The molecule has 2 N–H and O–H groups in total. The SMILES string of the molecule is CC(C)(C)N[S+]([O-])c1ccc(OCCNC(=O)c2ccc(F)cc2)cc1. The van der Waals surface area contributed by atoms with Gasteiger partial charge in [-0.3, -0.25) is 4.79 Å². The molecule has 0 heterocycles. The van der Waals surface area contributed by atoms with E-state index in [1.807, 2.05) is 20.8 Å². The van der Waals surface area contributed by atoms with Gasteiger partial charge < -0.3 is 14.6 Å². The first kappa shape index (κ1) is 20.2. The molecule has 0 bridgehead atoms. The fourth-order valence-corrected chi connectivity index (χ4v) is 3.09. The Bertz CT molecular complexity index is 715. The van der Waals surface area contributed by atoms with Gasteiger partial charge in [0.15, 0.2) is 4.90 Å². The van der Waals surface area contributed by atoms with Crippen LogP contribution in [0, 0.1) is 5.82 Å². The van der Waals surface area contributed by atoms with Crippen LogP contribution in [0.2, 0.25) is 0 Å². The van der Waals surface area contributed by atoms with Crippen molar-refractivity contribution in [1.29, 1.82) is 0 Å². The molecule has 0 fully saturated rings. The molecule has 26 heavy (non-hydrogen) atoms. The summed E-state index contributed by atoms with van der Waals surface area (Å²) in [7, 11) is 0. The number of hydrogen-bond donors (Lipinski definition) is 2. The summed E-state index contributed by atoms with van der Waals surface area (Å²) < 4.78 is 33.5. The molecule has 0 aliphatic heterocycles. The molecule has 2 rings (SSSR count). The molecule has 0 saturated heterocycles. The minimum atomic E-state index is -1.29. The van der Waals surface area contributed by atoms with Crippen molar-refractivity contribution in [2.45, 2.75) is 31.2 Å². The highest BCUT2D eigenvalue weighted by atomic mass is 32.2. The van der Waals surface area contributed by atoms with Crippen LogP contribution in [0.1, 0.15) is 31.1 Å². The second-order valence-electron chi connectivity index (χ2n) is 6.70. The fraction of sp³-hybridized carbons (Fsp3) is 0.316. The Kier molecular flexibility index (Phi) is 7.02.